The van der Waals surface area contributed by atoms with Crippen molar-refractivity contribution in [2.45, 2.75) is 10.8 Å². The zero-order valence-corrected chi connectivity index (χ0v) is 14.3. The Balaban J connectivity index is 1.86. The molecule has 1 aromatic heterocycles. The number of sulfonamides is 1. The minimum Gasteiger partial charge on any atom is -0.481 e. The minimum atomic E-state index is -3.59. The van der Waals surface area contributed by atoms with E-state index in [1.54, 1.807) is 6.07 Å². The summed E-state index contributed by atoms with van der Waals surface area (Å²) in [6, 6.07) is 13.0. The van der Waals surface area contributed by atoms with Crippen molar-refractivity contribution < 1.29 is 13.2 Å². The van der Waals surface area contributed by atoms with Gasteiger partial charge in [0.1, 0.15) is 4.90 Å². The number of pyridine rings is 1. The van der Waals surface area contributed by atoms with E-state index in [-0.39, 0.29) is 16.7 Å². The molecule has 1 aromatic carbocycles. The van der Waals surface area contributed by atoms with Gasteiger partial charge in [-0.25, -0.2) is 13.4 Å². The highest BCUT2D eigenvalue weighted by atomic mass is 32.2. The standard InChI is InChI=1S/C17H21N3O3S/c1-23-17-8-7-15(10-19-17)24(21,22)20-11-14(9-18)16(12-20)13-5-3-2-4-6-13/h2-8,10,14,16H,9,11-12,18H2,1H3/t14-,16+/m1/s1. The van der Waals surface area contributed by atoms with Crippen LogP contribution in [0.3, 0.4) is 0 Å². The normalized spacial score (nSPS) is 21.8. The van der Waals surface area contributed by atoms with Gasteiger partial charge in [0.05, 0.1) is 13.3 Å². The van der Waals surface area contributed by atoms with Crippen LogP contribution < -0.4 is 10.5 Å². The molecule has 2 atom stereocenters. The van der Waals surface area contributed by atoms with Gasteiger partial charge < -0.3 is 10.5 Å². The molecule has 0 bridgehead atoms. The molecule has 0 amide bonds. The highest BCUT2D eigenvalue weighted by molar-refractivity contribution is 7.89. The van der Waals surface area contributed by atoms with E-state index in [9.17, 15) is 8.42 Å². The number of benzene rings is 1. The number of aromatic nitrogens is 1. The highest BCUT2D eigenvalue weighted by Crippen LogP contribution is 2.35. The zero-order chi connectivity index (χ0) is 17.2. The Morgan fingerprint density at radius 3 is 2.54 bits per heavy atom. The van der Waals surface area contributed by atoms with Crippen LogP contribution in [0.25, 0.3) is 0 Å². The van der Waals surface area contributed by atoms with E-state index < -0.39 is 10.0 Å². The summed E-state index contributed by atoms with van der Waals surface area (Å²) in [5.41, 5.74) is 7.02. The number of nitrogens with two attached hydrogens (primary N) is 1. The van der Waals surface area contributed by atoms with Gasteiger partial charge >= 0.3 is 0 Å². The lowest BCUT2D eigenvalue weighted by Crippen LogP contribution is -2.30. The molecule has 24 heavy (non-hydrogen) atoms. The van der Waals surface area contributed by atoms with E-state index in [1.165, 1.54) is 23.7 Å². The Hall–Kier alpha value is -1.96. The maximum Gasteiger partial charge on any atom is 0.244 e. The van der Waals surface area contributed by atoms with Crippen LogP contribution in [-0.2, 0) is 10.0 Å². The summed E-state index contributed by atoms with van der Waals surface area (Å²) in [6.45, 7) is 1.30. The first-order valence-corrected chi connectivity index (χ1v) is 9.25. The summed E-state index contributed by atoms with van der Waals surface area (Å²) in [6.07, 6.45) is 1.33. The number of ether oxygens (including phenoxy) is 1. The van der Waals surface area contributed by atoms with E-state index in [1.807, 2.05) is 30.3 Å². The van der Waals surface area contributed by atoms with Crippen molar-refractivity contribution in [1.29, 1.82) is 0 Å². The van der Waals surface area contributed by atoms with Gasteiger partial charge in [-0.1, -0.05) is 30.3 Å². The van der Waals surface area contributed by atoms with Gasteiger partial charge in [-0.2, -0.15) is 4.31 Å². The van der Waals surface area contributed by atoms with Crippen LogP contribution in [0, 0.1) is 5.92 Å². The minimum absolute atomic E-state index is 0.105. The molecule has 1 aliphatic rings. The largest absolute Gasteiger partial charge is 0.481 e. The second-order valence-electron chi connectivity index (χ2n) is 5.87. The molecule has 2 N–H and O–H groups in total. The SMILES string of the molecule is COc1ccc(S(=O)(=O)N2C[C@@H](CN)[C@H](c3ccccc3)C2)cn1. The van der Waals surface area contributed by atoms with Crippen LogP contribution in [0.1, 0.15) is 11.5 Å². The number of rotatable bonds is 5. The Kier molecular flexibility index (Phi) is 4.84. The summed E-state index contributed by atoms with van der Waals surface area (Å²) in [4.78, 5) is 4.17. The van der Waals surface area contributed by atoms with Crippen LogP contribution in [0.5, 0.6) is 5.88 Å². The molecule has 6 nitrogen and oxygen atoms in total. The van der Waals surface area contributed by atoms with Crippen LogP contribution >= 0.6 is 0 Å². The van der Waals surface area contributed by atoms with Crippen molar-refractivity contribution in [1.82, 2.24) is 9.29 Å². The first kappa shape index (κ1) is 16.9. The fourth-order valence-corrected chi connectivity index (χ4v) is 4.60. The Morgan fingerprint density at radius 1 is 1.21 bits per heavy atom. The first-order valence-electron chi connectivity index (χ1n) is 7.81. The summed E-state index contributed by atoms with van der Waals surface area (Å²) in [5.74, 6) is 0.600. The van der Waals surface area contributed by atoms with Crippen molar-refractivity contribution in [2.24, 2.45) is 11.7 Å². The third-order valence-corrected chi connectivity index (χ3v) is 6.31. The monoisotopic (exact) mass is 347 g/mol. The van der Waals surface area contributed by atoms with Gasteiger partial charge in [0.2, 0.25) is 15.9 Å². The molecule has 7 heteroatoms. The van der Waals surface area contributed by atoms with E-state index in [4.69, 9.17) is 10.5 Å². The van der Waals surface area contributed by atoms with E-state index in [0.29, 0.717) is 25.5 Å². The van der Waals surface area contributed by atoms with Crippen molar-refractivity contribution >= 4 is 10.0 Å². The van der Waals surface area contributed by atoms with E-state index in [2.05, 4.69) is 4.98 Å². The second kappa shape index (κ2) is 6.88. The molecule has 2 aromatic rings. The molecule has 128 valence electrons. The van der Waals surface area contributed by atoms with Crippen molar-refractivity contribution in [2.75, 3.05) is 26.7 Å². The van der Waals surface area contributed by atoms with Crippen molar-refractivity contribution in [3.63, 3.8) is 0 Å². The predicted molar refractivity (Wildman–Crippen MR) is 91.3 cm³/mol. The summed E-state index contributed by atoms with van der Waals surface area (Å²) in [5, 5.41) is 0. The van der Waals surface area contributed by atoms with E-state index in [0.717, 1.165) is 5.56 Å². The lowest BCUT2D eigenvalue weighted by Gasteiger charge is -2.17. The molecule has 1 fully saturated rings. The van der Waals surface area contributed by atoms with Gasteiger partial charge in [0.15, 0.2) is 0 Å². The van der Waals surface area contributed by atoms with Crippen LogP contribution in [0.15, 0.2) is 53.6 Å². The van der Waals surface area contributed by atoms with Gasteiger partial charge in [0.25, 0.3) is 0 Å². The zero-order valence-electron chi connectivity index (χ0n) is 13.5. The lowest BCUT2D eigenvalue weighted by molar-refractivity contribution is 0.397. The topological polar surface area (TPSA) is 85.5 Å². The predicted octanol–water partition coefficient (Wildman–Crippen LogP) is 1.45. The summed E-state index contributed by atoms with van der Waals surface area (Å²) in [7, 11) is -2.09. The molecule has 1 saturated heterocycles. The smallest absolute Gasteiger partial charge is 0.244 e. The molecule has 0 spiro atoms. The summed E-state index contributed by atoms with van der Waals surface area (Å²) >= 11 is 0. The molecule has 0 aliphatic carbocycles. The molecule has 2 heterocycles. The second-order valence-corrected chi connectivity index (χ2v) is 7.81. The molecule has 0 radical (unpaired) electrons. The first-order chi connectivity index (χ1) is 11.6. The van der Waals surface area contributed by atoms with Crippen molar-refractivity contribution in [3.05, 3.63) is 54.2 Å². The quantitative estimate of drug-likeness (QED) is 0.885. The molecule has 3 rings (SSSR count). The Bertz CT molecular complexity index is 778. The molecule has 0 unspecified atom stereocenters. The van der Waals surface area contributed by atoms with Gasteiger partial charge in [-0.3, -0.25) is 0 Å². The highest BCUT2D eigenvalue weighted by Gasteiger charge is 2.39. The average Bonchev–Trinajstić information content (AvgIpc) is 3.08. The number of hydrogen-bond acceptors (Lipinski definition) is 5. The Labute approximate surface area is 142 Å². The van der Waals surface area contributed by atoms with Crippen LogP contribution in [0.2, 0.25) is 0 Å². The fourth-order valence-electron chi connectivity index (χ4n) is 3.13. The van der Waals surface area contributed by atoms with E-state index >= 15 is 0 Å². The van der Waals surface area contributed by atoms with Gasteiger partial charge in [-0.05, 0) is 24.1 Å². The average molecular weight is 347 g/mol. The van der Waals surface area contributed by atoms with Crippen LogP contribution in [-0.4, -0.2) is 44.5 Å². The third-order valence-electron chi connectivity index (χ3n) is 4.49. The third kappa shape index (κ3) is 3.15. The molecular weight excluding hydrogens is 326 g/mol. The van der Waals surface area contributed by atoms with Crippen molar-refractivity contribution in [3.8, 4) is 5.88 Å². The Morgan fingerprint density at radius 2 is 1.96 bits per heavy atom. The maximum atomic E-state index is 12.9. The number of nitrogens with zero attached hydrogens (tertiary/aromatic N) is 2. The summed E-state index contributed by atoms with van der Waals surface area (Å²) < 4.78 is 32.2. The van der Waals surface area contributed by atoms with Gasteiger partial charge in [-0.15, -0.1) is 0 Å². The fraction of sp³-hybridized carbons (Fsp3) is 0.353. The van der Waals surface area contributed by atoms with Crippen LogP contribution in [0.4, 0.5) is 0 Å². The number of hydrogen-bond donors (Lipinski definition) is 1. The molecule has 1 aliphatic heterocycles. The maximum absolute atomic E-state index is 12.9. The lowest BCUT2D eigenvalue weighted by atomic mass is 9.89. The number of methoxy groups -OCH3 is 1. The van der Waals surface area contributed by atoms with Gasteiger partial charge in [0, 0.05) is 25.1 Å². The molecular formula is C17H21N3O3S. The molecule has 0 saturated carbocycles.